The highest BCUT2D eigenvalue weighted by Gasteiger charge is 2.74. The molecule has 6 rings (SSSR count). The SMILES string of the molecule is CNC(=O)[C@@H]1[C@H]2C(=O)N([C@@H](CO)Cc3ccccc3)C(C(=O)Nc3ccc4ccccc4c3)C23CC[C@H]1S3. The summed E-state index contributed by atoms with van der Waals surface area (Å²) in [5, 5.41) is 18.4. The van der Waals surface area contributed by atoms with Crippen LogP contribution in [0.15, 0.2) is 72.8 Å². The molecule has 6 atom stereocenters. The summed E-state index contributed by atoms with van der Waals surface area (Å²) in [5.41, 5.74) is 1.63. The number of benzene rings is 3. The summed E-state index contributed by atoms with van der Waals surface area (Å²) in [5.74, 6) is -1.71. The predicted molar refractivity (Wildman–Crippen MR) is 149 cm³/mol. The molecule has 38 heavy (non-hydrogen) atoms. The monoisotopic (exact) mass is 529 g/mol. The fourth-order valence-electron chi connectivity index (χ4n) is 6.87. The molecule has 2 unspecified atom stereocenters. The minimum absolute atomic E-state index is 0.00344. The molecule has 3 aromatic carbocycles. The van der Waals surface area contributed by atoms with Crippen LogP contribution >= 0.6 is 11.8 Å². The molecular weight excluding hydrogens is 498 g/mol. The van der Waals surface area contributed by atoms with E-state index >= 15 is 0 Å². The van der Waals surface area contributed by atoms with Crippen molar-refractivity contribution in [1.82, 2.24) is 10.2 Å². The molecule has 7 nitrogen and oxygen atoms in total. The molecule has 0 saturated carbocycles. The number of hydrogen-bond donors (Lipinski definition) is 3. The van der Waals surface area contributed by atoms with Gasteiger partial charge in [-0.05, 0) is 47.7 Å². The number of nitrogens with one attached hydrogen (secondary N) is 2. The summed E-state index contributed by atoms with van der Waals surface area (Å²) in [4.78, 5) is 42.9. The van der Waals surface area contributed by atoms with Crippen molar-refractivity contribution in [3.63, 3.8) is 0 Å². The van der Waals surface area contributed by atoms with Crippen LogP contribution in [0, 0.1) is 11.8 Å². The highest BCUT2D eigenvalue weighted by molar-refractivity contribution is 8.02. The van der Waals surface area contributed by atoms with Gasteiger partial charge in [-0.2, -0.15) is 0 Å². The van der Waals surface area contributed by atoms with E-state index < -0.39 is 28.7 Å². The van der Waals surface area contributed by atoms with E-state index in [4.69, 9.17) is 0 Å². The van der Waals surface area contributed by atoms with Crippen molar-refractivity contribution in [2.75, 3.05) is 19.0 Å². The zero-order valence-corrected chi connectivity index (χ0v) is 22.0. The number of carbonyl (C=O) groups excluding carboxylic acids is 3. The Balaban J connectivity index is 1.39. The van der Waals surface area contributed by atoms with E-state index in [0.29, 0.717) is 18.5 Å². The molecule has 3 amide bonds. The average Bonchev–Trinajstić information content (AvgIpc) is 3.59. The van der Waals surface area contributed by atoms with Crippen molar-refractivity contribution in [2.24, 2.45) is 11.8 Å². The van der Waals surface area contributed by atoms with Crippen LogP contribution in [0.4, 0.5) is 5.69 Å². The summed E-state index contributed by atoms with van der Waals surface area (Å²) in [6.07, 6.45) is 1.88. The van der Waals surface area contributed by atoms with Crippen LogP contribution in [0.3, 0.4) is 0 Å². The minimum Gasteiger partial charge on any atom is -0.394 e. The first-order valence-electron chi connectivity index (χ1n) is 13.1. The Morgan fingerprint density at radius 1 is 1.05 bits per heavy atom. The number of aliphatic hydroxyl groups excluding tert-OH is 1. The highest BCUT2D eigenvalue weighted by atomic mass is 32.2. The summed E-state index contributed by atoms with van der Waals surface area (Å²) in [7, 11) is 1.60. The molecule has 3 aliphatic rings. The molecule has 0 aromatic heterocycles. The standard InChI is InChI=1S/C30H31N3O4S/c1-31-27(35)24-23-13-14-30(38-23)25(24)29(37)33(22(17-34)15-18-7-3-2-4-8-18)26(30)28(36)32-21-12-11-19-9-5-6-10-20(19)16-21/h2-12,16,22-26,34H,13-15,17H2,1H3,(H,31,35)(H,32,36)/t22-,23-,24+,25+,26?,30?/m1/s1. The van der Waals surface area contributed by atoms with Crippen LogP contribution in [0.1, 0.15) is 18.4 Å². The molecule has 3 fully saturated rings. The number of hydrogen-bond acceptors (Lipinski definition) is 5. The first-order valence-corrected chi connectivity index (χ1v) is 14.0. The summed E-state index contributed by atoms with van der Waals surface area (Å²) < 4.78 is -0.704. The van der Waals surface area contributed by atoms with E-state index in [1.165, 1.54) is 0 Å². The number of aliphatic hydroxyl groups is 1. The Bertz CT molecular complexity index is 1400. The third-order valence-corrected chi connectivity index (χ3v) is 10.4. The Morgan fingerprint density at radius 3 is 2.53 bits per heavy atom. The van der Waals surface area contributed by atoms with Crippen LogP contribution in [-0.2, 0) is 20.8 Å². The van der Waals surface area contributed by atoms with Gasteiger partial charge in [0.05, 0.1) is 29.2 Å². The van der Waals surface area contributed by atoms with Gasteiger partial charge in [-0.25, -0.2) is 0 Å². The lowest BCUT2D eigenvalue weighted by Gasteiger charge is -2.37. The Morgan fingerprint density at radius 2 is 1.79 bits per heavy atom. The molecule has 1 spiro atoms. The van der Waals surface area contributed by atoms with Crippen molar-refractivity contribution in [2.45, 2.75) is 41.3 Å². The second kappa shape index (κ2) is 9.75. The Hall–Kier alpha value is -3.36. The van der Waals surface area contributed by atoms with Gasteiger partial charge in [-0.15, -0.1) is 11.8 Å². The van der Waals surface area contributed by atoms with Crippen LogP contribution in [-0.4, -0.2) is 63.5 Å². The van der Waals surface area contributed by atoms with E-state index in [9.17, 15) is 19.5 Å². The molecule has 3 saturated heterocycles. The van der Waals surface area contributed by atoms with Gasteiger partial charge in [0.25, 0.3) is 0 Å². The average molecular weight is 530 g/mol. The van der Waals surface area contributed by atoms with Crippen LogP contribution in [0.2, 0.25) is 0 Å². The summed E-state index contributed by atoms with van der Waals surface area (Å²) in [6, 6.07) is 22.0. The third kappa shape index (κ3) is 3.89. The molecule has 3 N–H and O–H groups in total. The van der Waals surface area contributed by atoms with Crippen LogP contribution in [0.25, 0.3) is 10.8 Å². The van der Waals surface area contributed by atoms with Crippen LogP contribution in [0.5, 0.6) is 0 Å². The maximum atomic E-state index is 14.2. The molecular formula is C30H31N3O4S. The fraction of sp³-hybridized carbons (Fsp3) is 0.367. The number of fused-ring (bicyclic) bond motifs is 2. The van der Waals surface area contributed by atoms with Crippen molar-refractivity contribution in [3.8, 4) is 0 Å². The maximum absolute atomic E-state index is 14.2. The van der Waals surface area contributed by atoms with Gasteiger partial charge in [-0.1, -0.05) is 60.7 Å². The molecule has 8 heteroatoms. The zero-order chi connectivity index (χ0) is 26.4. The topological polar surface area (TPSA) is 98.7 Å². The van der Waals surface area contributed by atoms with E-state index in [0.717, 1.165) is 22.8 Å². The minimum atomic E-state index is -0.794. The van der Waals surface area contributed by atoms with E-state index in [-0.39, 0.29) is 29.6 Å². The summed E-state index contributed by atoms with van der Waals surface area (Å²) in [6.45, 7) is -0.276. The molecule has 0 radical (unpaired) electrons. The van der Waals surface area contributed by atoms with Gasteiger partial charge in [-0.3, -0.25) is 14.4 Å². The van der Waals surface area contributed by atoms with Gasteiger partial charge in [0.15, 0.2) is 0 Å². The van der Waals surface area contributed by atoms with Crippen molar-refractivity contribution in [3.05, 3.63) is 78.4 Å². The number of rotatable bonds is 7. The zero-order valence-electron chi connectivity index (χ0n) is 21.2. The largest absolute Gasteiger partial charge is 0.394 e. The highest BCUT2D eigenvalue weighted by Crippen LogP contribution is 2.66. The molecule has 2 bridgehead atoms. The third-order valence-electron chi connectivity index (χ3n) is 8.47. The molecule has 196 valence electrons. The second-order valence-corrected chi connectivity index (χ2v) is 12.1. The quantitative estimate of drug-likeness (QED) is 0.437. The second-order valence-electron chi connectivity index (χ2n) is 10.5. The van der Waals surface area contributed by atoms with Crippen molar-refractivity contribution in [1.29, 1.82) is 0 Å². The van der Waals surface area contributed by atoms with Gasteiger partial charge in [0, 0.05) is 18.0 Å². The lowest BCUT2D eigenvalue weighted by Crippen LogP contribution is -2.55. The smallest absolute Gasteiger partial charge is 0.248 e. The van der Waals surface area contributed by atoms with E-state index in [1.807, 2.05) is 72.8 Å². The van der Waals surface area contributed by atoms with Gasteiger partial charge >= 0.3 is 0 Å². The van der Waals surface area contributed by atoms with E-state index in [1.54, 1.807) is 23.7 Å². The summed E-state index contributed by atoms with van der Waals surface area (Å²) >= 11 is 1.63. The molecule has 3 aliphatic heterocycles. The predicted octanol–water partition coefficient (Wildman–Crippen LogP) is 3.22. The fourth-order valence-corrected chi connectivity index (χ4v) is 9.07. The van der Waals surface area contributed by atoms with Gasteiger partial charge in [0.1, 0.15) is 6.04 Å². The normalized spacial score (nSPS) is 28.4. The number of likely N-dealkylation sites (tertiary alicyclic amines) is 1. The van der Waals surface area contributed by atoms with Crippen LogP contribution < -0.4 is 10.6 Å². The lowest BCUT2D eigenvalue weighted by atomic mass is 9.70. The van der Waals surface area contributed by atoms with Gasteiger partial charge in [0.2, 0.25) is 17.7 Å². The maximum Gasteiger partial charge on any atom is 0.248 e. The van der Waals surface area contributed by atoms with E-state index in [2.05, 4.69) is 10.6 Å². The number of nitrogens with zero attached hydrogens (tertiary/aromatic N) is 1. The molecule has 3 aromatic rings. The number of carbonyl (C=O) groups is 3. The number of amides is 3. The first-order chi connectivity index (χ1) is 18.5. The number of anilines is 1. The molecule has 0 aliphatic carbocycles. The molecule has 3 heterocycles. The first kappa shape index (κ1) is 24.9. The van der Waals surface area contributed by atoms with Crippen molar-refractivity contribution < 1.29 is 19.5 Å². The number of thioether (sulfide) groups is 1. The Kier molecular flexibility index (Phi) is 6.40. The van der Waals surface area contributed by atoms with Crippen molar-refractivity contribution >= 4 is 45.9 Å². The van der Waals surface area contributed by atoms with Gasteiger partial charge < -0.3 is 20.6 Å². The Labute approximate surface area is 226 Å². The lowest BCUT2D eigenvalue weighted by molar-refractivity contribution is -0.141.